The molecule has 0 aliphatic heterocycles. The average Bonchev–Trinajstić information content (AvgIpc) is 3.14. The van der Waals surface area contributed by atoms with Gasteiger partial charge in [0.25, 0.3) is 5.91 Å². The standard InChI is InChI=1S/C19H22FN3O5/c1-2-3-10-21-19(26)23-16(24)12-27-18(25)9-8-17-22-11-15(28-17)13-4-6-14(20)7-5-13/h4-7,11H,2-3,8-10,12H2,1H3,(H2,21,23,24,26). The fraction of sp³-hybridized carbons (Fsp3) is 0.368. The van der Waals surface area contributed by atoms with Gasteiger partial charge in [-0.1, -0.05) is 13.3 Å². The molecule has 0 aliphatic carbocycles. The lowest BCUT2D eigenvalue weighted by molar-refractivity contribution is -0.148. The van der Waals surface area contributed by atoms with E-state index < -0.39 is 24.5 Å². The molecule has 2 N–H and O–H groups in total. The number of nitrogens with zero attached hydrogens (tertiary/aromatic N) is 1. The van der Waals surface area contributed by atoms with E-state index in [4.69, 9.17) is 9.15 Å². The van der Waals surface area contributed by atoms with Crippen LogP contribution in [0.3, 0.4) is 0 Å². The molecule has 0 radical (unpaired) electrons. The molecule has 2 rings (SSSR count). The van der Waals surface area contributed by atoms with Crippen LogP contribution in [0.4, 0.5) is 9.18 Å². The van der Waals surface area contributed by atoms with Crippen molar-refractivity contribution in [2.24, 2.45) is 0 Å². The van der Waals surface area contributed by atoms with E-state index in [9.17, 15) is 18.8 Å². The normalized spacial score (nSPS) is 10.4. The van der Waals surface area contributed by atoms with Crippen LogP contribution < -0.4 is 10.6 Å². The number of ether oxygens (including phenoxy) is 1. The highest BCUT2D eigenvalue weighted by Gasteiger charge is 2.13. The Labute approximate surface area is 161 Å². The van der Waals surface area contributed by atoms with E-state index in [-0.39, 0.29) is 18.7 Å². The molecular formula is C19H22FN3O5. The molecule has 150 valence electrons. The number of rotatable bonds is 9. The van der Waals surface area contributed by atoms with Crippen LogP contribution in [0.5, 0.6) is 0 Å². The number of carbonyl (C=O) groups is 3. The summed E-state index contributed by atoms with van der Waals surface area (Å²) >= 11 is 0. The van der Waals surface area contributed by atoms with Gasteiger partial charge in [-0.05, 0) is 30.7 Å². The van der Waals surface area contributed by atoms with Crippen LogP contribution in [0.1, 0.15) is 32.1 Å². The lowest BCUT2D eigenvalue weighted by atomic mass is 10.2. The molecular weight excluding hydrogens is 369 g/mol. The number of hydrogen-bond acceptors (Lipinski definition) is 6. The highest BCUT2D eigenvalue weighted by molar-refractivity contribution is 5.95. The third kappa shape index (κ3) is 7.18. The van der Waals surface area contributed by atoms with Crippen LogP contribution >= 0.6 is 0 Å². The first-order valence-electron chi connectivity index (χ1n) is 8.92. The number of amides is 3. The number of urea groups is 1. The second-order valence-corrected chi connectivity index (χ2v) is 5.94. The molecule has 0 aliphatic rings. The van der Waals surface area contributed by atoms with Crippen LogP contribution in [0.25, 0.3) is 11.3 Å². The van der Waals surface area contributed by atoms with Gasteiger partial charge in [-0.3, -0.25) is 14.9 Å². The van der Waals surface area contributed by atoms with E-state index in [0.29, 0.717) is 23.8 Å². The van der Waals surface area contributed by atoms with Gasteiger partial charge in [-0.2, -0.15) is 0 Å². The maximum Gasteiger partial charge on any atom is 0.321 e. The van der Waals surface area contributed by atoms with Crippen molar-refractivity contribution in [3.05, 3.63) is 42.2 Å². The van der Waals surface area contributed by atoms with Gasteiger partial charge < -0.3 is 14.5 Å². The Morgan fingerprint density at radius 1 is 1.21 bits per heavy atom. The first-order valence-corrected chi connectivity index (χ1v) is 8.92. The second-order valence-electron chi connectivity index (χ2n) is 5.94. The van der Waals surface area contributed by atoms with Gasteiger partial charge in [0.1, 0.15) is 5.82 Å². The SMILES string of the molecule is CCCCNC(=O)NC(=O)COC(=O)CCc1ncc(-c2ccc(F)cc2)o1. The van der Waals surface area contributed by atoms with Gasteiger partial charge in [0.15, 0.2) is 18.3 Å². The quantitative estimate of drug-likeness (QED) is 0.502. The third-order valence-corrected chi connectivity index (χ3v) is 3.66. The number of aryl methyl sites for hydroxylation is 1. The van der Waals surface area contributed by atoms with Crippen molar-refractivity contribution in [1.29, 1.82) is 0 Å². The molecule has 0 saturated heterocycles. The monoisotopic (exact) mass is 391 g/mol. The Kier molecular flexibility index (Phi) is 8.13. The van der Waals surface area contributed by atoms with Crippen LogP contribution in [0.15, 0.2) is 34.9 Å². The number of halogens is 1. The second kappa shape index (κ2) is 10.8. The Hall–Kier alpha value is -3.23. The van der Waals surface area contributed by atoms with E-state index in [1.807, 2.05) is 6.92 Å². The molecule has 0 spiro atoms. The summed E-state index contributed by atoms with van der Waals surface area (Å²) < 4.78 is 23.3. The summed E-state index contributed by atoms with van der Waals surface area (Å²) in [6.45, 7) is 1.89. The van der Waals surface area contributed by atoms with Crippen LogP contribution in [-0.4, -0.2) is 36.0 Å². The number of carbonyl (C=O) groups excluding carboxylic acids is 3. The van der Waals surface area contributed by atoms with Gasteiger partial charge in [-0.15, -0.1) is 0 Å². The first-order chi connectivity index (χ1) is 13.5. The van der Waals surface area contributed by atoms with Crippen LogP contribution in [0, 0.1) is 5.82 Å². The average molecular weight is 391 g/mol. The topological polar surface area (TPSA) is 111 Å². The fourth-order valence-corrected chi connectivity index (χ4v) is 2.19. The Balaban J connectivity index is 1.69. The Morgan fingerprint density at radius 3 is 2.68 bits per heavy atom. The molecule has 9 heteroatoms. The van der Waals surface area contributed by atoms with Crippen molar-refractivity contribution >= 4 is 17.9 Å². The largest absolute Gasteiger partial charge is 0.456 e. The summed E-state index contributed by atoms with van der Waals surface area (Å²) in [6.07, 6.45) is 3.35. The number of hydrogen-bond donors (Lipinski definition) is 2. The number of esters is 1. The van der Waals surface area contributed by atoms with E-state index >= 15 is 0 Å². The van der Waals surface area contributed by atoms with Gasteiger partial charge in [0, 0.05) is 18.5 Å². The maximum atomic E-state index is 12.9. The zero-order valence-electron chi connectivity index (χ0n) is 15.5. The van der Waals surface area contributed by atoms with Crippen molar-refractivity contribution in [2.75, 3.05) is 13.2 Å². The molecule has 0 saturated carbocycles. The highest BCUT2D eigenvalue weighted by Crippen LogP contribution is 2.21. The van der Waals surface area contributed by atoms with Gasteiger partial charge in [0.2, 0.25) is 0 Å². The molecule has 8 nitrogen and oxygen atoms in total. The lowest BCUT2D eigenvalue weighted by Gasteiger charge is -2.06. The maximum absolute atomic E-state index is 12.9. The number of nitrogens with one attached hydrogen (secondary N) is 2. The summed E-state index contributed by atoms with van der Waals surface area (Å²) in [5, 5.41) is 4.58. The Bertz CT molecular complexity index is 804. The minimum atomic E-state index is -0.711. The van der Waals surface area contributed by atoms with E-state index in [2.05, 4.69) is 15.6 Å². The van der Waals surface area contributed by atoms with Gasteiger partial charge in [0.05, 0.1) is 12.6 Å². The van der Waals surface area contributed by atoms with Gasteiger partial charge in [-0.25, -0.2) is 14.2 Å². The van der Waals surface area contributed by atoms with Crippen LogP contribution in [0.2, 0.25) is 0 Å². The number of unbranched alkanes of at least 4 members (excludes halogenated alkanes) is 1. The molecule has 3 amide bonds. The molecule has 0 fully saturated rings. The van der Waals surface area contributed by atoms with Crippen molar-refractivity contribution in [3.8, 4) is 11.3 Å². The molecule has 1 aromatic heterocycles. The minimum Gasteiger partial charge on any atom is -0.456 e. The smallest absolute Gasteiger partial charge is 0.321 e. The molecule has 2 aromatic rings. The van der Waals surface area contributed by atoms with Crippen molar-refractivity contribution in [1.82, 2.24) is 15.6 Å². The highest BCUT2D eigenvalue weighted by atomic mass is 19.1. The predicted molar refractivity (Wildman–Crippen MR) is 97.6 cm³/mol. The van der Waals surface area contributed by atoms with E-state index in [1.54, 1.807) is 12.1 Å². The summed E-state index contributed by atoms with van der Waals surface area (Å²) in [5.41, 5.74) is 0.664. The summed E-state index contributed by atoms with van der Waals surface area (Å²) in [7, 11) is 0. The minimum absolute atomic E-state index is 0.0423. The molecule has 0 bridgehead atoms. The molecule has 1 aromatic carbocycles. The Morgan fingerprint density at radius 2 is 1.96 bits per heavy atom. The first kappa shape index (κ1) is 21.1. The predicted octanol–water partition coefficient (Wildman–Crippen LogP) is 2.58. The summed E-state index contributed by atoms with van der Waals surface area (Å²) in [4.78, 5) is 38.7. The molecule has 0 unspecified atom stereocenters. The zero-order valence-corrected chi connectivity index (χ0v) is 15.5. The number of benzene rings is 1. The number of oxazole rings is 1. The van der Waals surface area contributed by atoms with E-state index in [0.717, 1.165) is 12.8 Å². The number of aromatic nitrogens is 1. The van der Waals surface area contributed by atoms with Crippen LogP contribution in [-0.2, 0) is 20.7 Å². The van der Waals surface area contributed by atoms with E-state index in [1.165, 1.54) is 18.3 Å². The van der Waals surface area contributed by atoms with Gasteiger partial charge >= 0.3 is 12.0 Å². The van der Waals surface area contributed by atoms with Crippen molar-refractivity contribution in [3.63, 3.8) is 0 Å². The molecule has 0 atom stereocenters. The zero-order chi connectivity index (χ0) is 20.4. The van der Waals surface area contributed by atoms with Crippen molar-refractivity contribution in [2.45, 2.75) is 32.6 Å². The van der Waals surface area contributed by atoms with Crippen molar-refractivity contribution < 1.29 is 27.9 Å². The number of imide groups is 1. The third-order valence-electron chi connectivity index (χ3n) is 3.66. The summed E-state index contributed by atoms with van der Waals surface area (Å²) in [6, 6.07) is 5.12. The summed E-state index contributed by atoms with van der Waals surface area (Å²) in [5.74, 6) is -0.915. The fourth-order valence-electron chi connectivity index (χ4n) is 2.19. The molecule has 1 heterocycles. The molecule has 28 heavy (non-hydrogen) atoms. The lowest BCUT2D eigenvalue weighted by Crippen LogP contribution is -2.41.